The van der Waals surface area contributed by atoms with E-state index >= 15 is 0 Å². The fourth-order valence-electron chi connectivity index (χ4n) is 1.11. The number of aromatic carboxylic acids is 1. The van der Waals surface area contributed by atoms with Crippen LogP contribution in [0.2, 0.25) is 0 Å². The molecule has 0 aliphatic heterocycles. The van der Waals surface area contributed by atoms with Crippen LogP contribution in [0.15, 0.2) is 12.1 Å². The second kappa shape index (κ2) is 4.99. The summed E-state index contributed by atoms with van der Waals surface area (Å²) in [6, 6.07) is 1.73. The van der Waals surface area contributed by atoms with Gasteiger partial charge in [0.25, 0.3) is 0 Å². The normalized spacial score (nSPS) is 9.24. The van der Waals surface area contributed by atoms with E-state index in [1.807, 2.05) is 0 Å². The Morgan fingerprint density at radius 1 is 1.35 bits per heavy atom. The van der Waals surface area contributed by atoms with Crippen LogP contribution < -0.4 is 5.73 Å². The molecule has 88 valence electrons. The van der Waals surface area contributed by atoms with Crippen molar-refractivity contribution in [3.63, 3.8) is 0 Å². The summed E-state index contributed by atoms with van der Waals surface area (Å²) in [7, 11) is 0. The van der Waals surface area contributed by atoms with Gasteiger partial charge in [0.1, 0.15) is 12.2 Å². The van der Waals surface area contributed by atoms with Crippen LogP contribution in [0, 0.1) is 17.7 Å². The van der Waals surface area contributed by atoms with Gasteiger partial charge < -0.3 is 15.9 Å². The summed E-state index contributed by atoms with van der Waals surface area (Å²) in [6.45, 7) is 0. The van der Waals surface area contributed by atoms with Gasteiger partial charge in [-0.05, 0) is 12.1 Å². The molecule has 4 N–H and O–H groups in total. The Morgan fingerprint density at radius 3 is 2.53 bits per heavy atom. The Labute approximate surface area is 95.7 Å². The molecule has 0 aliphatic carbocycles. The minimum absolute atomic E-state index is 0.0383. The Balaban J connectivity index is 3.19. The van der Waals surface area contributed by atoms with Gasteiger partial charge in [-0.25, -0.2) is 9.18 Å². The van der Waals surface area contributed by atoms with Gasteiger partial charge >= 0.3 is 11.9 Å². The van der Waals surface area contributed by atoms with Crippen molar-refractivity contribution in [2.75, 3.05) is 5.73 Å². The van der Waals surface area contributed by atoms with Gasteiger partial charge in [-0.1, -0.05) is 11.8 Å². The summed E-state index contributed by atoms with van der Waals surface area (Å²) in [4.78, 5) is 20.9. The van der Waals surface area contributed by atoms with Crippen molar-refractivity contribution in [3.05, 3.63) is 29.1 Å². The fraction of sp³-hybridized carbons (Fsp3) is 0.0909. The van der Waals surface area contributed by atoms with Crippen molar-refractivity contribution in [2.24, 2.45) is 0 Å². The van der Waals surface area contributed by atoms with Crippen molar-refractivity contribution in [3.8, 4) is 11.8 Å². The number of nitrogen functional groups attached to an aromatic ring is 1. The van der Waals surface area contributed by atoms with Crippen LogP contribution in [-0.2, 0) is 4.79 Å². The molecule has 17 heavy (non-hydrogen) atoms. The fourth-order valence-corrected chi connectivity index (χ4v) is 1.11. The molecular weight excluding hydrogens is 229 g/mol. The minimum atomic E-state index is -1.37. The molecule has 1 aromatic rings. The lowest BCUT2D eigenvalue weighted by atomic mass is 10.1. The quantitative estimate of drug-likeness (QED) is 0.524. The molecule has 1 rings (SSSR count). The van der Waals surface area contributed by atoms with Crippen molar-refractivity contribution < 1.29 is 24.2 Å². The molecule has 0 atom stereocenters. The summed E-state index contributed by atoms with van der Waals surface area (Å²) in [6.07, 6.45) is -0.432. The number of halogens is 1. The first-order valence-corrected chi connectivity index (χ1v) is 4.44. The van der Waals surface area contributed by atoms with E-state index in [-0.39, 0.29) is 11.3 Å². The highest BCUT2D eigenvalue weighted by Gasteiger charge is 2.12. The summed E-state index contributed by atoms with van der Waals surface area (Å²) < 4.78 is 13.1. The minimum Gasteiger partial charge on any atom is -0.481 e. The van der Waals surface area contributed by atoms with Crippen molar-refractivity contribution in [1.82, 2.24) is 0 Å². The van der Waals surface area contributed by atoms with E-state index in [0.29, 0.717) is 0 Å². The van der Waals surface area contributed by atoms with Crippen LogP contribution >= 0.6 is 0 Å². The zero-order valence-corrected chi connectivity index (χ0v) is 8.53. The molecule has 1 aromatic carbocycles. The zero-order chi connectivity index (χ0) is 13.0. The molecule has 0 amide bonds. The van der Waals surface area contributed by atoms with E-state index in [1.165, 1.54) is 0 Å². The lowest BCUT2D eigenvalue weighted by molar-refractivity contribution is -0.135. The lowest BCUT2D eigenvalue weighted by Crippen LogP contribution is -2.05. The van der Waals surface area contributed by atoms with Crippen LogP contribution in [-0.4, -0.2) is 22.2 Å². The van der Waals surface area contributed by atoms with Gasteiger partial charge in [0.15, 0.2) is 0 Å². The van der Waals surface area contributed by atoms with Crippen LogP contribution in [0.5, 0.6) is 0 Å². The standard InChI is InChI=1S/C11H8FNO4/c12-7-4-6(2-1-3-9(14)15)10(13)8(5-7)11(16)17/h4-5H,3,13H2,(H,14,15)(H,16,17). The van der Waals surface area contributed by atoms with E-state index in [9.17, 15) is 14.0 Å². The maximum atomic E-state index is 13.1. The molecule has 0 spiro atoms. The first-order chi connectivity index (χ1) is 7.91. The Kier molecular flexibility index (Phi) is 3.67. The number of anilines is 1. The van der Waals surface area contributed by atoms with E-state index in [1.54, 1.807) is 0 Å². The molecule has 0 bridgehead atoms. The maximum Gasteiger partial charge on any atom is 0.337 e. The first kappa shape index (κ1) is 12.5. The van der Waals surface area contributed by atoms with E-state index in [4.69, 9.17) is 15.9 Å². The van der Waals surface area contributed by atoms with E-state index < -0.39 is 29.7 Å². The summed E-state index contributed by atoms with van der Waals surface area (Å²) >= 11 is 0. The number of aliphatic carboxylic acids is 1. The van der Waals surface area contributed by atoms with Gasteiger partial charge in [0.2, 0.25) is 0 Å². The predicted octanol–water partition coefficient (Wildman–Crippen LogP) is 0.932. The number of rotatable bonds is 2. The molecule has 5 nitrogen and oxygen atoms in total. The van der Waals surface area contributed by atoms with Crippen LogP contribution in [0.25, 0.3) is 0 Å². The Morgan fingerprint density at radius 2 is 2.00 bits per heavy atom. The van der Waals surface area contributed by atoms with E-state index in [2.05, 4.69) is 11.8 Å². The highest BCUT2D eigenvalue weighted by Crippen LogP contribution is 2.19. The molecule has 0 saturated carbocycles. The van der Waals surface area contributed by atoms with Gasteiger partial charge in [-0.15, -0.1) is 0 Å². The summed E-state index contributed by atoms with van der Waals surface area (Å²) in [5, 5.41) is 17.1. The third-order valence-corrected chi connectivity index (χ3v) is 1.84. The number of carboxylic acid groups (broad SMARTS) is 2. The lowest BCUT2D eigenvalue weighted by Gasteiger charge is -2.03. The predicted molar refractivity (Wildman–Crippen MR) is 56.9 cm³/mol. The number of carboxylic acids is 2. The third kappa shape index (κ3) is 3.21. The number of nitrogens with two attached hydrogens (primary N) is 1. The molecule has 0 fully saturated rings. The van der Waals surface area contributed by atoms with Crippen LogP contribution in [0.3, 0.4) is 0 Å². The molecule has 0 heterocycles. The maximum absolute atomic E-state index is 13.1. The summed E-state index contributed by atoms with van der Waals surface area (Å²) in [5.41, 5.74) is 4.85. The molecule has 0 aliphatic rings. The molecule has 0 radical (unpaired) electrons. The molecule has 6 heteroatoms. The highest BCUT2D eigenvalue weighted by atomic mass is 19.1. The van der Waals surface area contributed by atoms with Gasteiger partial charge in [-0.2, -0.15) is 0 Å². The van der Waals surface area contributed by atoms with Crippen molar-refractivity contribution in [2.45, 2.75) is 6.42 Å². The first-order valence-electron chi connectivity index (χ1n) is 4.44. The number of hydrogen-bond acceptors (Lipinski definition) is 3. The Hall–Kier alpha value is -2.55. The molecule has 0 aromatic heterocycles. The highest BCUT2D eigenvalue weighted by molar-refractivity contribution is 5.95. The van der Waals surface area contributed by atoms with Gasteiger partial charge in [-0.3, -0.25) is 4.79 Å². The van der Waals surface area contributed by atoms with Crippen LogP contribution in [0.1, 0.15) is 22.3 Å². The average molecular weight is 237 g/mol. The van der Waals surface area contributed by atoms with Crippen molar-refractivity contribution in [1.29, 1.82) is 0 Å². The molecular formula is C11H8FNO4. The largest absolute Gasteiger partial charge is 0.481 e. The SMILES string of the molecule is Nc1c(C#CCC(=O)O)cc(F)cc1C(=O)O. The van der Waals surface area contributed by atoms with Crippen LogP contribution in [0.4, 0.5) is 10.1 Å². The van der Waals surface area contributed by atoms with E-state index in [0.717, 1.165) is 12.1 Å². The number of benzene rings is 1. The molecule has 0 unspecified atom stereocenters. The second-order valence-electron chi connectivity index (χ2n) is 3.09. The topological polar surface area (TPSA) is 101 Å². The second-order valence-corrected chi connectivity index (χ2v) is 3.09. The Bertz CT molecular complexity index is 542. The average Bonchev–Trinajstić information content (AvgIpc) is 2.21. The monoisotopic (exact) mass is 237 g/mol. The third-order valence-electron chi connectivity index (χ3n) is 1.84. The molecule has 0 saturated heterocycles. The number of hydrogen-bond donors (Lipinski definition) is 3. The smallest absolute Gasteiger partial charge is 0.337 e. The van der Waals surface area contributed by atoms with Crippen molar-refractivity contribution >= 4 is 17.6 Å². The zero-order valence-electron chi connectivity index (χ0n) is 8.53. The van der Waals surface area contributed by atoms with Gasteiger partial charge in [0.05, 0.1) is 16.8 Å². The number of carbonyl (C=O) groups is 2. The summed E-state index contributed by atoms with van der Waals surface area (Å²) in [5.74, 6) is 1.27. The van der Waals surface area contributed by atoms with Gasteiger partial charge in [0, 0.05) is 0 Å².